The van der Waals surface area contributed by atoms with Gasteiger partial charge in [-0.2, -0.15) is 0 Å². The Bertz CT molecular complexity index is 537. The summed E-state index contributed by atoms with van der Waals surface area (Å²) in [6.07, 6.45) is 3.83. The van der Waals surface area contributed by atoms with Crippen LogP contribution in [0.2, 0.25) is 0 Å². The number of hydrogen-bond donors (Lipinski definition) is 1. The van der Waals surface area contributed by atoms with Crippen molar-refractivity contribution in [2.24, 2.45) is 5.92 Å². The van der Waals surface area contributed by atoms with E-state index in [9.17, 15) is 0 Å². The molecule has 0 saturated carbocycles. The molecule has 2 rings (SSSR count). The van der Waals surface area contributed by atoms with Gasteiger partial charge in [0.05, 0.1) is 0 Å². The predicted molar refractivity (Wildman–Crippen MR) is 89.9 cm³/mol. The van der Waals surface area contributed by atoms with Crippen molar-refractivity contribution in [3.63, 3.8) is 0 Å². The van der Waals surface area contributed by atoms with E-state index in [1.54, 1.807) is 0 Å². The molecule has 0 amide bonds. The smallest absolute Gasteiger partial charge is 0.0487 e. The highest BCUT2D eigenvalue weighted by molar-refractivity contribution is 5.65. The van der Waals surface area contributed by atoms with Crippen LogP contribution in [0.4, 0.5) is 11.4 Å². The molecule has 1 aromatic carbocycles. The first-order chi connectivity index (χ1) is 10.2. The molecule has 0 bridgehead atoms. The highest BCUT2D eigenvalue weighted by atomic mass is 15.1. The molecule has 0 atom stereocenters. The lowest BCUT2D eigenvalue weighted by atomic mass is 10.1. The van der Waals surface area contributed by atoms with Crippen LogP contribution in [0.3, 0.4) is 0 Å². The van der Waals surface area contributed by atoms with Gasteiger partial charge in [0.25, 0.3) is 0 Å². The lowest BCUT2D eigenvalue weighted by Gasteiger charge is -2.26. The van der Waals surface area contributed by atoms with Gasteiger partial charge in [0.1, 0.15) is 0 Å². The average molecular weight is 283 g/mol. The van der Waals surface area contributed by atoms with Gasteiger partial charge in [-0.05, 0) is 37.6 Å². The van der Waals surface area contributed by atoms with Gasteiger partial charge in [-0.3, -0.25) is 4.98 Å². The lowest BCUT2D eigenvalue weighted by Crippen LogP contribution is -2.23. The Morgan fingerprint density at radius 1 is 1.14 bits per heavy atom. The van der Waals surface area contributed by atoms with Gasteiger partial charge >= 0.3 is 0 Å². The molecule has 0 aliphatic rings. The molecule has 0 aliphatic carbocycles. The van der Waals surface area contributed by atoms with Crippen LogP contribution in [-0.2, 0) is 6.54 Å². The van der Waals surface area contributed by atoms with Crippen LogP contribution < -0.4 is 10.2 Å². The Morgan fingerprint density at radius 3 is 2.57 bits per heavy atom. The minimum absolute atomic E-state index is 0.654. The van der Waals surface area contributed by atoms with Crippen molar-refractivity contribution in [2.45, 2.75) is 27.3 Å². The van der Waals surface area contributed by atoms with Gasteiger partial charge in [0.2, 0.25) is 0 Å². The zero-order chi connectivity index (χ0) is 15.1. The number of benzene rings is 1. The molecule has 0 fully saturated rings. The average Bonchev–Trinajstić information content (AvgIpc) is 2.50. The van der Waals surface area contributed by atoms with Gasteiger partial charge in [-0.15, -0.1) is 0 Å². The summed E-state index contributed by atoms with van der Waals surface area (Å²) in [7, 11) is 0. The number of nitrogens with zero attached hydrogens (tertiary/aromatic N) is 2. The number of rotatable bonds is 7. The number of pyridine rings is 1. The summed E-state index contributed by atoms with van der Waals surface area (Å²) in [6, 6.07) is 12.6. The largest absolute Gasteiger partial charge is 0.341 e. The molecule has 1 heterocycles. The van der Waals surface area contributed by atoms with Crippen LogP contribution in [0.1, 0.15) is 26.3 Å². The third-order valence-electron chi connectivity index (χ3n) is 3.42. The Morgan fingerprint density at radius 2 is 1.90 bits per heavy atom. The monoisotopic (exact) mass is 283 g/mol. The fraction of sp³-hybridized carbons (Fsp3) is 0.389. The maximum atomic E-state index is 4.29. The van der Waals surface area contributed by atoms with E-state index >= 15 is 0 Å². The van der Waals surface area contributed by atoms with E-state index in [0.29, 0.717) is 5.92 Å². The first kappa shape index (κ1) is 15.5. The van der Waals surface area contributed by atoms with Crippen molar-refractivity contribution in [1.29, 1.82) is 0 Å². The lowest BCUT2D eigenvalue weighted by molar-refractivity contribution is 0.552. The van der Waals surface area contributed by atoms with E-state index in [4.69, 9.17) is 0 Å². The van der Waals surface area contributed by atoms with E-state index in [2.05, 4.69) is 72.4 Å². The van der Waals surface area contributed by atoms with Gasteiger partial charge in [0, 0.05) is 42.4 Å². The normalized spacial score (nSPS) is 10.9. The van der Waals surface area contributed by atoms with Crippen molar-refractivity contribution in [1.82, 2.24) is 10.3 Å². The topological polar surface area (TPSA) is 28.2 Å². The second kappa shape index (κ2) is 7.79. The fourth-order valence-corrected chi connectivity index (χ4v) is 2.41. The Balaban J connectivity index is 2.21. The van der Waals surface area contributed by atoms with E-state index in [1.165, 1.54) is 16.9 Å². The summed E-state index contributed by atoms with van der Waals surface area (Å²) >= 11 is 0. The summed E-state index contributed by atoms with van der Waals surface area (Å²) in [5.74, 6) is 0.654. The zero-order valence-corrected chi connectivity index (χ0v) is 13.2. The summed E-state index contributed by atoms with van der Waals surface area (Å²) in [5, 5.41) is 3.51. The first-order valence-electron chi connectivity index (χ1n) is 7.68. The molecular formula is C18H25N3. The van der Waals surface area contributed by atoms with Gasteiger partial charge in [-0.25, -0.2) is 0 Å². The molecule has 1 aromatic heterocycles. The minimum Gasteiger partial charge on any atom is -0.341 e. The number of anilines is 2. The summed E-state index contributed by atoms with van der Waals surface area (Å²) in [5.41, 5.74) is 3.69. The van der Waals surface area contributed by atoms with Crippen LogP contribution in [-0.4, -0.2) is 18.1 Å². The summed E-state index contributed by atoms with van der Waals surface area (Å²) < 4.78 is 0. The van der Waals surface area contributed by atoms with Crippen LogP contribution in [0.15, 0.2) is 48.8 Å². The third kappa shape index (κ3) is 4.30. The van der Waals surface area contributed by atoms with Crippen molar-refractivity contribution >= 4 is 11.4 Å². The maximum absolute atomic E-state index is 4.29. The Labute approximate surface area is 128 Å². The molecule has 21 heavy (non-hydrogen) atoms. The van der Waals surface area contributed by atoms with Gasteiger partial charge < -0.3 is 10.2 Å². The van der Waals surface area contributed by atoms with E-state index in [1.807, 2.05) is 12.4 Å². The van der Waals surface area contributed by atoms with Crippen LogP contribution in [0, 0.1) is 5.92 Å². The van der Waals surface area contributed by atoms with Gasteiger partial charge in [0.15, 0.2) is 0 Å². The number of para-hydroxylation sites is 1. The third-order valence-corrected chi connectivity index (χ3v) is 3.42. The van der Waals surface area contributed by atoms with E-state index < -0.39 is 0 Å². The molecular weight excluding hydrogens is 258 g/mol. The van der Waals surface area contributed by atoms with E-state index in [0.717, 1.165) is 19.6 Å². The molecule has 3 nitrogen and oxygen atoms in total. The Kier molecular flexibility index (Phi) is 5.76. The second-order valence-corrected chi connectivity index (χ2v) is 5.61. The molecule has 0 radical (unpaired) electrons. The molecule has 3 heteroatoms. The minimum atomic E-state index is 0.654. The summed E-state index contributed by atoms with van der Waals surface area (Å²) in [6.45, 7) is 9.43. The zero-order valence-electron chi connectivity index (χ0n) is 13.2. The van der Waals surface area contributed by atoms with Crippen LogP contribution in [0.5, 0.6) is 0 Å². The molecule has 112 valence electrons. The van der Waals surface area contributed by atoms with Crippen molar-refractivity contribution in [2.75, 3.05) is 18.0 Å². The maximum Gasteiger partial charge on any atom is 0.0487 e. The molecule has 1 N–H and O–H groups in total. The standard InChI is InChI=1S/C18H25N3/c1-4-21(17-8-6-5-7-9-17)18-10-11-19-13-16(18)14-20-12-15(2)3/h5-11,13,15,20H,4,12,14H2,1-3H3. The molecule has 0 unspecified atom stereocenters. The van der Waals surface area contributed by atoms with Crippen LogP contribution >= 0.6 is 0 Å². The Hall–Kier alpha value is -1.87. The van der Waals surface area contributed by atoms with Crippen molar-refractivity contribution in [3.8, 4) is 0 Å². The highest BCUT2D eigenvalue weighted by Gasteiger charge is 2.11. The molecule has 0 spiro atoms. The molecule has 0 aliphatic heterocycles. The molecule has 2 aromatic rings. The predicted octanol–water partition coefficient (Wildman–Crippen LogP) is 3.99. The first-order valence-corrected chi connectivity index (χ1v) is 7.68. The van der Waals surface area contributed by atoms with E-state index in [-0.39, 0.29) is 0 Å². The highest BCUT2D eigenvalue weighted by Crippen LogP contribution is 2.27. The fourth-order valence-electron chi connectivity index (χ4n) is 2.41. The number of nitrogens with one attached hydrogen (secondary N) is 1. The van der Waals surface area contributed by atoms with Crippen molar-refractivity contribution < 1.29 is 0 Å². The van der Waals surface area contributed by atoms with Gasteiger partial charge in [-0.1, -0.05) is 32.0 Å². The van der Waals surface area contributed by atoms with Crippen molar-refractivity contribution in [3.05, 3.63) is 54.4 Å². The second-order valence-electron chi connectivity index (χ2n) is 5.61. The molecule has 0 saturated heterocycles. The SMILES string of the molecule is CCN(c1ccccc1)c1ccncc1CNCC(C)C. The van der Waals surface area contributed by atoms with Crippen LogP contribution in [0.25, 0.3) is 0 Å². The quantitative estimate of drug-likeness (QED) is 0.833. The number of aromatic nitrogens is 1. The number of hydrogen-bond acceptors (Lipinski definition) is 3. The summed E-state index contributed by atoms with van der Waals surface area (Å²) in [4.78, 5) is 6.61.